The van der Waals surface area contributed by atoms with E-state index >= 15 is 0 Å². The quantitative estimate of drug-likeness (QED) is 0.599. The molecular weight excluding hydrogens is 390 g/mol. The normalized spacial score (nSPS) is 11.6. The molecule has 0 fully saturated rings. The number of hydrogen-bond acceptors (Lipinski definition) is 6. The molecule has 29 heavy (non-hydrogen) atoms. The van der Waals surface area contributed by atoms with Crippen LogP contribution in [-0.4, -0.2) is 31.0 Å². The number of rotatable bonds is 6. The number of likely N-dealkylation sites (N-methyl/N-ethyl adjacent to an activating group) is 1. The van der Waals surface area contributed by atoms with Crippen molar-refractivity contribution in [3.8, 4) is 5.75 Å². The van der Waals surface area contributed by atoms with E-state index in [1.807, 2.05) is 32.9 Å². The number of nitrogens with zero attached hydrogens (tertiary/aromatic N) is 1. The summed E-state index contributed by atoms with van der Waals surface area (Å²) in [4.78, 5) is 28.2. The van der Waals surface area contributed by atoms with Gasteiger partial charge in [-0.05, 0) is 38.0 Å². The summed E-state index contributed by atoms with van der Waals surface area (Å²) in [5.74, 6) is 1.06. The Hall–Kier alpha value is -3.13. The van der Waals surface area contributed by atoms with Crippen molar-refractivity contribution >= 4 is 44.8 Å². The summed E-state index contributed by atoms with van der Waals surface area (Å²) in [6, 6.07) is 3.82. The van der Waals surface area contributed by atoms with E-state index in [1.54, 1.807) is 19.5 Å². The van der Waals surface area contributed by atoms with Crippen molar-refractivity contribution in [3.63, 3.8) is 0 Å². The highest BCUT2D eigenvalue weighted by molar-refractivity contribution is 7.14. The van der Waals surface area contributed by atoms with E-state index in [0.29, 0.717) is 16.6 Å². The minimum absolute atomic E-state index is 0.129. The molecule has 0 spiro atoms. The molecule has 0 saturated heterocycles. The number of aryl methyl sites for hydroxylation is 2. The summed E-state index contributed by atoms with van der Waals surface area (Å²) in [5, 5.41) is 8.48. The lowest BCUT2D eigenvalue weighted by atomic mass is 10.0. The largest absolute Gasteiger partial charge is 0.496 e. The number of carbonyl (C=O) groups excluding carboxylic acids is 2. The van der Waals surface area contributed by atoms with Gasteiger partial charge in [0, 0.05) is 35.5 Å². The van der Waals surface area contributed by atoms with E-state index in [-0.39, 0.29) is 18.2 Å². The number of amides is 2. The minimum atomic E-state index is -0.300. The molecule has 3 rings (SSSR count). The molecule has 2 heterocycles. The first-order valence-corrected chi connectivity index (χ1v) is 9.92. The van der Waals surface area contributed by atoms with Gasteiger partial charge in [-0.25, -0.2) is 4.98 Å². The maximum Gasteiger partial charge on any atom is 0.250 e. The number of carbonyl (C=O) groups is 2. The second kappa shape index (κ2) is 8.48. The van der Waals surface area contributed by atoms with Gasteiger partial charge >= 0.3 is 0 Å². The average molecular weight is 413 g/mol. The van der Waals surface area contributed by atoms with E-state index in [4.69, 9.17) is 9.15 Å². The number of aromatic nitrogens is 1. The first-order chi connectivity index (χ1) is 13.8. The lowest BCUT2D eigenvalue weighted by Crippen LogP contribution is -2.20. The highest BCUT2D eigenvalue weighted by atomic mass is 32.1. The molecule has 0 aliphatic heterocycles. The maximum atomic E-state index is 12.5. The number of nitrogens with one attached hydrogen (secondary N) is 2. The van der Waals surface area contributed by atoms with Gasteiger partial charge in [0.25, 0.3) is 0 Å². The number of furan rings is 1. The lowest BCUT2D eigenvalue weighted by molar-refractivity contribution is -0.120. The van der Waals surface area contributed by atoms with Gasteiger partial charge < -0.3 is 14.5 Å². The lowest BCUT2D eigenvalue weighted by Gasteiger charge is -2.09. The van der Waals surface area contributed by atoms with Gasteiger partial charge in [-0.3, -0.25) is 14.9 Å². The number of benzene rings is 1. The van der Waals surface area contributed by atoms with E-state index in [2.05, 4.69) is 15.6 Å². The molecule has 0 aliphatic carbocycles. The highest BCUT2D eigenvalue weighted by Crippen LogP contribution is 2.34. The zero-order valence-electron chi connectivity index (χ0n) is 17.0. The van der Waals surface area contributed by atoms with Crippen LogP contribution in [0, 0.1) is 13.8 Å². The van der Waals surface area contributed by atoms with Crippen molar-refractivity contribution in [2.45, 2.75) is 27.2 Å². The number of methoxy groups -OCH3 is 1. The molecule has 2 amide bonds. The van der Waals surface area contributed by atoms with Crippen molar-refractivity contribution < 1.29 is 18.7 Å². The number of thiazole rings is 1. The molecule has 8 heteroatoms. The SMILES string of the molecule is CNC(=O)Cc1csc(NC(=O)/C=C(\C)c2cc3c(C)c(C)oc3cc2OC)n1. The summed E-state index contributed by atoms with van der Waals surface area (Å²) >= 11 is 1.28. The predicted molar refractivity (Wildman–Crippen MR) is 114 cm³/mol. The van der Waals surface area contributed by atoms with Crippen LogP contribution in [0.25, 0.3) is 16.5 Å². The van der Waals surface area contributed by atoms with Crippen LogP contribution in [0.15, 0.2) is 28.0 Å². The summed E-state index contributed by atoms with van der Waals surface area (Å²) in [7, 11) is 3.16. The van der Waals surface area contributed by atoms with Gasteiger partial charge in [0.1, 0.15) is 17.1 Å². The Kier molecular flexibility index (Phi) is 6.03. The van der Waals surface area contributed by atoms with E-state index in [9.17, 15) is 9.59 Å². The standard InChI is InChI=1S/C21H23N3O4S/c1-11(6-20(26)24-21-23-14(10-29-21)7-19(25)22-4)15-8-16-12(2)13(3)28-18(16)9-17(15)27-5/h6,8-10H,7H2,1-5H3,(H,22,25)(H,23,24,26)/b11-6+. The van der Waals surface area contributed by atoms with Crippen LogP contribution in [0.3, 0.4) is 0 Å². The van der Waals surface area contributed by atoms with Crippen LogP contribution < -0.4 is 15.4 Å². The maximum absolute atomic E-state index is 12.5. The molecule has 3 aromatic rings. The van der Waals surface area contributed by atoms with Crippen molar-refractivity contribution in [1.29, 1.82) is 0 Å². The summed E-state index contributed by atoms with van der Waals surface area (Å²) in [5.41, 5.74) is 4.00. The second-order valence-electron chi connectivity index (χ2n) is 6.64. The molecule has 2 aromatic heterocycles. The van der Waals surface area contributed by atoms with E-state index < -0.39 is 0 Å². The number of fused-ring (bicyclic) bond motifs is 1. The van der Waals surface area contributed by atoms with Crippen molar-refractivity contribution in [1.82, 2.24) is 10.3 Å². The minimum Gasteiger partial charge on any atom is -0.496 e. The van der Waals surface area contributed by atoms with Crippen LogP contribution in [0.4, 0.5) is 5.13 Å². The Labute approximate surface area is 172 Å². The summed E-state index contributed by atoms with van der Waals surface area (Å²) < 4.78 is 11.3. The molecule has 7 nitrogen and oxygen atoms in total. The second-order valence-corrected chi connectivity index (χ2v) is 7.50. The molecule has 0 unspecified atom stereocenters. The van der Waals surface area contributed by atoms with E-state index in [1.165, 1.54) is 17.4 Å². The summed E-state index contributed by atoms with van der Waals surface area (Å²) in [6.07, 6.45) is 1.68. The molecule has 0 aliphatic rings. The highest BCUT2D eigenvalue weighted by Gasteiger charge is 2.15. The number of hydrogen-bond donors (Lipinski definition) is 2. The van der Waals surface area contributed by atoms with Gasteiger partial charge in [-0.1, -0.05) is 0 Å². The zero-order valence-corrected chi connectivity index (χ0v) is 17.8. The van der Waals surface area contributed by atoms with Crippen LogP contribution in [-0.2, 0) is 16.0 Å². The van der Waals surface area contributed by atoms with E-state index in [0.717, 1.165) is 33.4 Å². The van der Waals surface area contributed by atoms with Gasteiger partial charge in [0.2, 0.25) is 11.8 Å². The van der Waals surface area contributed by atoms with Gasteiger partial charge in [-0.15, -0.1) is 11.3 Å². The monoisotopic (exact) mass is 413 g/mol. The van der Waals surface area contributed by atoms with Crippen LogP contribution >= 0.6 is 11.3 Å². The third-order valence-corrected chi connectivity index (χ3v) is 5.48. The third-order valence-electron chi connectivity index (χ3n) is 4.67. The van der Waals surface area contributed by atoms with Crippen LogP contribution in [0.5, 0.6) is 5.75 Å². The molecule has 0 bridgehead atoms. The Morgan fingerprint density at radius 1 is 1.31 bits per heavy atom. The van der Waals surface area contributed by atoms with Gasteiger partial charge in [-0.2, -0.15) is 0 Å². The van der Waals surface area contributed by atoms with Crippen molar-refractivity contribution in [3.05, 3.63) is 46.2 Å². The van der Waals surface area contributed by atoms with Gasteiger partial charge in [0.05, 0.1) is 19.2 Å². The number of allylic oxidation sites excluding steroid dienone is 1. The topological polar surface area (TPSA) is 93.5 Å². The molecule has 2 N–H and O–H groups in total. The Morgan fingerprint density at radius 3 is 2.76 bits per heavy atom. The fraction of sp³-hybridized carbons (Fsp3) is 0.286. The molecule has 0 atom stereocenters. The summed E-state index contributed by atoms with van der Waals surface area (Å²) in [6.45, 7) is 5.77. The Balaban J connectivity index is 1.82. The third kappa shape index (κ3) is 4.48. The zero-order chi connectivity index (χ0) is 21.1. The fourth-order valence-corrected chi connectivity index (χ4v) is 3.67. The van der Waals surface area contributed by atoms with Gasteiger partial charge in [0.15, 0.2) is 5.13 Å². The molecule has 1 aromatic carbocycles. The Bertz CT molecular complexity index is 1110. The smallest absolute Gasteiger partial charge is 0.250 e. The predicted octanol–water partition coefficient (Wildman–Crippen LogP) is 3.85. The first kappa shape index (κ1) is 20.6. The molecular formula is C21H23N3O4S. The fourth-order valence-electron chi connectivity index (χ4n) is 2.96. The number of anilines is 1. The van der Waals surface area contributed by atoms with Crippen molar-refractivity contribution in [2.24, 2.45) is 0 Å². The molecule has 152 valence electrons. The number of ether oxygens (including phenoxy) is 1. The van der Waals surface area contributed by atoms with Crippen LogP contribution in [0.2, 0.25) is 0 Å². The first-order valence-electron chi connectivity index (χ1n) is 9.04. The molecule has 0 saturated carbocycles. The van der Waals surface area contributed by atoms with Crippen molar-refractivity contribution in [2.75, 3.05) is 19.5 Å². The van der Waals surface area contributed by atoms with Crippen LogP contribution in [0.1, 0.15) is 29.5 Å². The molecule has 0 radical (unpaired) electrons. The Morgan fingerprint density at radius 2 is 2.07 bits per heavy atom. The average Bonchev–Trinajstić information content (AvgIpc) is 3.23.